The molecule has 31 heavy (non-hydrogen) atoms. The van der Waals surface area contributed by atoms with Crippen molar-refractivity contribution in [2.45, 2.75) is 11.8 Å². The molecular weight excluding hydrogens is 539 g/mol. The van der Waals surface area contributed by atoms with Crippen LogP contribution in [0.3, 0.4) is 0 Å². The van der Waals surface area contributed by atoms with Crippen molar-refractivity contribution in [3.8, 4) is 11.5 Å². The molecule has 2 rings (SSSR count). The molecule has 0 saturated heterocycles. The molecule has 0 spiro atoms. The van der Waals surface area contributed by atoms with E-state index in [9.17, 15) is 18.5 Å². The van der Waals surface area contributed by atoms with Gasteiger partial charge in [0.25, 0.3) is 5.69 Å². The van der Waals surface area contributed by atoms with E-state index in [4.69, 9.17) is 9.47 Å². The number of rotatable bonds is 9. The van der Waals surface area contributed by atoms with Crippen molar-refractivity contribution in [1.29, 1.82) is 0 Å². The number of hydrogen-bond donors (Lipinski definition) is 1. The number of nitro benzene ring substituents is 1. The Morgan fingerprint density at radius 3 is 2.16 bits per heavy atom. The predicted octanol–water partition coefficient (Wildman–Crippen LogP) is 3.19. The highest BCUT2D eigenvalue weighted by Gasteiger charge is 2.15. The lowest BCUT2D eigenvalue weighted by atomic mass is 10.3. The molecule has 170 valence electrons. The van der Waals surface area contributed by atoms with E-state index in [0.29, 0.717) is 29.6 Å². The number of nitrogens with one attached hydrogen (secondary N) is 1. The maximum atomic E-state index is 12.3. The third-order valence-electron chi connectivity index (χ3n) is 4.28. The quantitative estimate of drug-likeness (QED) is 0.163. The van der Waals surface area contributed by atoms with Crippen LogP contribution in [-0.4, -0.2) is 58.4 Å². The number of aliphatic imine (C=N–C) groups is 1. The summed E-state index contributed by atoms with van der Waals surface area (Å²) in [6, 6.07) is 9.97. The van der Waals surface area contributed by atoms with Gasteiger partial charge in [-0.15, -0.1) is 24.0 Å². The summed E-state index contributed by atoms with van der Waals surface area (Å²) in [5, 5.41) is 10.7. The zero-order valence-corrected chi connectivity index (χ0v) is 20.7. The highest BCUT2D eigenvalue weighted by molar-refractivity contribution is 14.0. The highest BCUT2D eigenvalue weighted by atomic mass is 127. The summed E-state index contributed by atoms with van der Waals surface area (Å²) >= 11 is 0. The van der Waals surface area contributed by atoms with Gasteiger partial charge in [0.1, 0.15) is 17.3 Å². The first kappa shape index (κ1) is 26.6. The molecule has 0 aromatic heterocycles. The van der Waals surface area contributed by atoms with E-state index in [1.54, 1.807) is 51.3 Å². The SMILES string of the molecule is COc1cc(N=C(C)N(C)CCNS(=O)(=O)c2ccc([N+](=O)[O-])cc2)cc(OC)c1.I. The van der Waals surface area contributed by atoms with Crippen LogP contribution in [0, 0.1) is 10.1 Å². The molecule has 12 heteroatoms. The number of likely N-dealkylation sites (N-methyl/N-ethyl adjacent to an activating group) is 1. The van der Waals surface area contributed by atoms with Gasteiger partial charge in [-0.25, -0.2) is 18.1 Å². The van der Waals surface area contributed by atoms with Crippen molar-refractivity contribution in [1.82, 2.24) is 9.62 Å². The van der Waals surface area contributed by atoms with E-state index in [1.165, 1.54) is 12.1 Å². The van der Waals surface area contributed by atoms with Crippen LogP contribution in [0.2, 0.25) is 0 Å². The van der Waals surface area contributed by atoms with Gasteiger partial charge in [-0.3, -0.25) is 10.1 Å². The van der Waals surface area contributed by atoms with E-state index in [0.717, 1.165) is 12.1 Å². The summed E-state index contributed by atoms with van der Waals surface area (Å²) in [5.41, 5.74) is 0.469. The molecule has 0 fully saturated rings. The lowest BCUT2D eigenvalue weighted by molar-refractivity contribution is -0.384. The van der Waals surface area contributed by atoms with Gasteiger partial charge in [0.15, 0.2) is 0 Å². The van der Waals surface area contributed by atoms with Crippen LogP contribution in [0.15, 0.2) is 52.4 Å². The van der Waals surface area contributed by atoms with Crippen molar-refractivity contribution < 1.29 is 22.8 Å². The minimum atomic E-state index is -3.77. The molecule has 0 radical (unpaired) electrons. The topological polar surface area (TPSA) is 123 Å². The van der Waals surface area contributed by atoms with Gasteiger partial charge in [0, 0.05) is 50.5 Å². The number of halogens is 1. The van der Waals surface area contributed by atoms with Gasteiger partial charge in [0.05, 0.1) is 29.7 Å². The van der Waals surface area contributed by atoms with Crippen LogP contribution in [0.4, 0.5) is 11.4 Å². The van der Waals surface area contributed by atoms with E-state index >= 15 is 0 Å². The van der Waals surface area contributed by atoms with Crippen molar-refractivity contribution in [2.75, 3.05) is 34.4 Å². The summed E-state index contributed by atoms with van der Waals surface area (Å²) in [6.07, 6.45) is 0. The fourth-order valence-corrected chi connectivity index (χ4v) is 3.49. The molecule has 1 N–H and O–H groups in total. The summed E-state index contributed by atoms with van der Waals surface area (Å²) in [5.74, 6) is 1.89. The Hall–Kier alpha value is -2.45. The molecule has 0 atom stereocenters. The smallest absolute Gasteiger partial charge is 0.269 e. The number of non-ortho nitro benzene ring substituents is 1. The number of amidine groups is 1. The molecule has 0 amide bonds. The molecule has 0 unspecified atom stereocenters. The molecule has 0 aliphatic carbocycles. The zero-order chi connectivity index (χ0) is 22.3. The van der Waals surface area contributed by atoms with Gasteiger partial charge in [-0.1, -0.05) is 0 Å². The largest absolute Gasteiger partial charge is 0.497 e. The van der Waals surface area contributed by atoms with Crippen LogP contribution in [0.5, 0.6) is 11.5 Å². The van der Waals surface area contributed by atoms with Crippen molar-refractivity contribution in [2.24, 2.45) is 4.99 Å². The second kappa shape index (κ2) is 11.8. The summed E-state index contributed by atoms with van der Waals surface area (Å²) in [4.78, 5) is 16.4. The number of nitro groups is 1. The molecule has 2 aromatic carbocycles. The van der Waals surface area contributed by atoms with Gasteiger partial charge in [0.2, 0.25) is 10.0 Å². The third kappa shape index (κ3) is 7.63. The summed E-state index contributed by atoms with van der Waals surface area (Å²) in [7, 11) is 1.12. The number of benzene rings is 2. The summed E-state index contributed by atoms with van der Waals surface area (Å²) < 4.78 is 37.6. The van der Waals surface area contributed by atoms with Crippen LogP contribution in [0.1, 0.15) is 6.92 Å². The Bertz CT molecular complexity index is 1010. The Balaban J connectivity index is 0.00000480. The number of sulfonamides is 1. The monoisotopic (exact) mass is 564 g/mol. The molecule has 2 aromatic rings. The lowest BCUT2D eigenvalue weighted by Crippen LogP contribution is -2.35. The predicted molar refractivity (Wildman–Crippen MR) is 129 cm³/mol. The molecule has 10 nitrogen and oxygen atoms in total. The van der Waals surface area contributed by atoms with Crippen LogP contribution >= 0.6 is 24.0 Å². The Kier molecular flexibility index (Phi) is 10.1. The summed E-state index contributed by atoms with van der Waals surface area (Å²) in [6.45, 7) is 2.30. The third-order valence-corrected chi connectivity index (χ3v) is 5.75. The minimum absolute atomic E-state index is 0. The molecular formula is C19H25IN4O6S. The maximum absolute atomic E-state index is 12.3. The van der Waals surface area contributed by atoms with Crippen LogP contribution in [-0.2, 0) is 10.0 Å². The molecule has 0 aliphatic heterocycles. The van der Waals surface area contributed by atoms with Crippen molar-refractivity contribution in [3.05, 3.63) is 52.6 Å². The standard InChI is InChI=1S/C19H24N4O6S.HI/c1-14(21-15-11-17(28-3)13-18(12-15)29-4)22(2)10-9-20-30(26,27)19-7-5-16(6-8-19)23(24)25;/h5-8,11-13,20H,9-10H2,1-4H3;1H. The molecule has 0 saturated carbocycles. The van der Waals surface area contributed by atoms with Crippen LogP contribution < -0.4 is 14.2 Å². The first-order chi connectivity index (χ1) is 14.2. The van der Waals surface area contributed by atoms with Gasteiger partial charge < -0.3 is 14.4 Å². The normalized spacial score (nSPS) is 11.4. The fraction of sp³-hybridized carbons (Fsp3) is 0.316. The minimum Gasteiger partial charge on any atom is -0.497 e. The molecule has 0 heterocycles. The average Bonchev–Trinajstić information content (AvgIpc) is 2.73. The first-order valence-electron chi connectivity index (χ1n) is 8.90. The van der Waals surface area contributed by atoms with Gasteiger partial charge >= 0.3 is 0 Å². The Morgan fingerprint density at radius 1 is 1.13 bits per heavy atom. The molecule has 0 aliphatic rings. The van der Waals surface area contributed by atoms with Crippen molar-refractivity contribution in [3.63, 3.8) is 0 Å². The maximum Gasteiger partial charge on any atom is 0.269 e. The van der Waals surface area contributed by atoms with Gasteiger partial charge in [-0.2, -0.15) is 0 Å². The van der Waals surface area contributed by atoms with Crippen molar-refractivity contribution >= 4 is 51.2 Å². The highest BCUT2D eigenvalue weighted by Crippen LogP contribution is 2.27. The number of nitrogens with zero attached hydrogens (tertiary/aromatic N) is 3. The number of hydrogen-bond acceptors (Lipinski definition) is 7. The average molecular weight is 564 g/mol. The first-order valence-corrected chi connectivity index (χ1v) is 10.4. The Labute approximate surface area is 198 Å². The van der Waals surface area contributed by atoms with E-state index in [2.05, 4.69) is 9.71 Å². The van der Waals surface area contributed by atoms with Crippen LogP contribution in [0.25, 0.3) is 0 Å². The fourth-order valence-electron chi connectivity index (χ4n) is 2.47. The molecule has 0 bridgehead atoms. The second-order valence-corrected chi connectivity index (χ2v) is 8.07. The lowest BCUT2D eigenvalue weighted by Gasteiger charge is -2.19. The number of ether oxygens (including phenoxy) is 2. The van der Waals surface area contributed by atoms with E-state index in [1.807, 2.05) is 0 Å². The Morgan fingerprint density at radius 2 is 1.68 bits per heavy atom. The number of methoxy groups -OCH3 is 2. The zero-order valence-electron chi connectivity index (χ0n) is 17.6. The second-order valence-electron chi connectivity index (χ2n) is 6.30. The van der Waals surface area contributed by atoms with E-state index < -0.39 is 14.9 Å². The van der Waals surface area contributed by atoms with Gasteiger partial charge in [-0.05, 0) is 19.1 Å². The van der Waals surface area contributed by atoms with E-state index in [-0.39, 0.29) is 41.1 Å².